The van der Waals surface area contributed by atoms with Gasteiger partial charge in [0.25, 0.3) is 0 Å². The topological polar surface area (TPSA) is 120 Å². The van der Waals surface area contributed by atoms with Crippen molar-refractivity contribution in [3.8, 4) is 0 Å². The molecule has 1 aromatic heterocycles. The van der Waals surface area contributed by atoms with Crippen LogP contribution in [0.1, 0.15) is 0 Å². The summed E-state index contributed by atoms with van der Waals surface area (Å²) in [5.74, 6) is -0.00682. The average Bonchev–Trinajstić information content (AvgIpc) is 2.53. The predicted molar refractivity (Wildman–Crippen MR) is 41.9 cm³/mol. The fourth-order valence-electron chi connectivity index (χ4n) is 0.732. The summed E-state index contributed by atoms with van der Waals surface area (Å²) in [5.41, 5.74) is 8.04. The van der Waals surface area contributed by atoms with E-state index >= 15 is 0 Å². The number of aliphatic hydroxyl groups is 2. The summed E-state index contributed by atoms with van der Waals surface area (Å²) in [7, 11) is 0. The van der Waals surface area contributed by atoms with Crippen LogP contribution in [0.5, 0.6) is 0 Å². The van der Waals surface area contributed by atoms with Gasteiger partial charge in [-0.15, -0.1) is 5.10 Å². The van der Waals surface area contributed by atoms with Crippen molar-refractivity contribution in [1.29, 1.82) is 0 Å². The molecule has 1 rings (SSSR count). The molecule has 0 saturated heterocycles. The monoisotopic (exact) mass is 184 g/mol. The average molecular weight is 184 g/mol. The molecule has 0 bridgehead atoms. The van der Waals surface area contributed by atoms with Gasteiger partial charge in [-0.1, -0.05) is 0 Å². The molecule has 0 aromatic carbocycles. The molecule has 0 aliphatic rings. The molecule has 0 saturated carbocycles. The third kappa shape index (κ3) is 2.71. The van der Waals surface area contributed by atoms with Gasteiger partial charge in [0.15, 0.2) is 0 Å². The highest BCUT2D eigenvalue weighted by atomic mass is 16.3. The van der Waals surface area contributed by atoms with E-state index in [4.69, 9.17) is 15.7 Å². The smallest absolute Gasteiger partial charge is 0.237 e. The number of aliphatic hydroxyl groups excluding tert-OH is 2. The van der Waals surface area contributed by atoms with E-state index in [1.165, 1.54) is 11.0 Å². The lowest BCUT2D eigenvalue weighted by Crippen LogP contribution is -2.19. The van der Waals surface area contributed by atoms with E-state index in [0.717, 1.165) is 0 Å². The maximum Gasteiger partial charge on any atom is 0.237 e. The van der Waals surface area contributed by atoms with E-state index in [9.17, 15) is 0 Å². The number of nitrogens with zero attached hydrogens (tertiary/aromatic N) is 6. The van der Waals surface area contributed by atoms with Gasteiger partial charge in [-0.25, -0.2) is 9.67 Å². The number of aromatic nitrogens is 3. The standard InChI is InChI=1S/C5H8N6O2/c6-10-8-5-7-3-11(9-5)1-4(13)2-12/h3-4,12-13H,1-2H2. The van der Waals surface area contributed by atoms with Gasteiger partial charge in [0.05, 0.1) is 19.3 Å². The zero-order valence-corrected chi connectivity index (χ0v) is 6.65. The molecule has 2 N–H and O–H groups in total. The molecule has 0 radical (unpaired) electrons. The normalized spacial score (nSPS) is 12.2. The summed E-state index contributed by atoms with van der Waals surface area (Å²) in [5, 5.41) is 24.4. The van der Waals surface area contributed by atoms with Crippen LogP contribution in [0.3, 0.4) is 0 Å². The Balaban J connectivity index is 2.63. The van der Waals surface area contributed by atoms with Gasteiger partial charge in [0.1, 0.15) is 6.33 Å². The quantitative estimate of drug-likeness (QED) is 0.374. The largest absolute Gasteiger partial charge is 0.394 e. The van der Waals surface area contributed by atoms with Crippen LogP contribution in [0.4, 0.5) is 5.95 Å². The van der Waals surface area contributed by atoms with Crippen LogP contribution in [0, 0.1) is 0 Å². The zero-order valence-electron chi connectivity index (χ0n) is 6.65. The predicted octanol–water partition coefficient (Wildman–Crippen LogP) is -0.427. The summed E-state index contributed by atoms with van der Waals surface area (Å²) in [6, 6.07) is 0. The van der Waals surface area contributed by atoms with Crippen molar-refractivity contribution in [2.75, 3.05) is 6.61 Å². The summed E-state index contributed by atoms with van der Waals surface area (Å²) in [6.07, 6.45) is 0.420. The highest BCUT2D eigenvalue weighted by Gasteiger charge is 2.04. The zero-order chi connectivity index (χ0) is 9.68. The molecule has 8 heteroatoms. The lowest BCUT2D eigenvalue weighted by atomic mass is 10.4. The highest BCUT2D eigenvalue weighted by molar-refractivity contribution is 5.08. The molecule has 8 nitrogen and oxygen atoms in total. The molecule has 1 unspecified atom stereocenters. The second kappa shape index (κ2) is 4.41. The summed E-state index contributed by atoms with van der Waals surface area (Å²) in [6.45, 7) is -0.235. The first kappa shape index (κ1) is 9.46. The third-order valence-electron chi connectivity index (χ3n) is 1.27. The molecule has 0 amide bonds. The second-order valence-corrected chi connectivity index (χ2v) is 2.29. The Morgan fingerprint density at radius 3 is 3.15 bits per heavy atom. The van der Waals surface area contributed by atoms with Crippen LogP contribution >= 0.6 is 0 Å². The molecule has 1 atom stereocenters. The van der Waals surface area contributed by atoms with E-state index < -0.39 is 6.10 Å². The number of rotatable bonds is 4. The Morgan fingerprint density at radius 2 is 2.54 bits per heavy atom. The molecular weight excluding hydrogens is 176 g/mol. The van der Waals surface area contributed by atoms with Crippen LogP contribution < -0.4 is 0 Å². The fourth-order valence-corrected chi connectivity index (χ4v) is 0.732. The molecule has 0 spiro atoms. The van der Waals surface area contributed by atoms with Crippen LogP contribution in [0.15, 0.2) is 11.4 Å². The van der Waals surface area contributed by atoms with E-state index in [1.807, 2.05) is 0 Å². The van der Waals surface area contributed by atoms with Gasteiger partial charge in [-0.3, -0.25) is 0 Å². The SMILES string of the molecule is [N-]=[N+]=Nc1ncn(CC(O)CO)n1. The van der Waals surface area contributed by atoms with Crippen molar-refractivity contribution >= 4 is 5.95 Å². The van der Waals surface area contributed by atoms with E-state index in [-0.39, 0.29) is 19.1 Å². The number of hydrogen-bond donors (Lipinski definition) is 2. The highest BCUT2D eigenvalue weighted by Crippen LogP contribution is 2.01. The molecule has 0 aliphatic carbocycles. The third-order valence-corrected chi connectivity index (χ3v) is 1.27. The van der Waals surface area contributed by atoms with Crippen molar-refractivity contribution < 1.29 is 10.2 Å². The fraction of sp³-hybridized carbons (Fsp3) is 0.600. The van der Waals surface area contributed by atoms with Gasteiger partial charge < -0.3 is 10.2 Å². The van der Waals surface area contributed by atoms with Crippen LogP contribution in [-0.2, 0) is 6.54 Å². The maximum absolute atomic E-state index is 9.01. The van der Waals surface area contributed by atoms with Gasteiger partial charge in [0, 0.05) is 4.91 Å². The molecule has 0 aliphatic heterocycles. The summed E-state index contributed by atoms with van der Waals surface area (Å²) >= 11 is 0. The van der Waals surface area contributed by atoms with E-state index in [2.05, 4.69) is 20.1 Å². The van der Waals surface area contributed by atoms with Gasteiger partial charge >= 0.3 is 0 Å². The Morgan fingerprint density at radius 1 is 1.77 bits per heavy atom. The number of hydrogen-bond acceptors (Lipinski definition) is 5. The summed E-state index contributed by atoms with van der Waals surface area (Å²) < 4.78 is 1.28. The minimum Gasteiger partial charge on any atom is -0.394 e. The Kier molecular flexibility index (Phi) is 3.21. The van der Waals surface area contributed by atoms with Gasteiger partial charge in [0.2, 0.25) is 5.95 Å². The lowest BCUT2D eigenvalue weighted by Gasteiger charge is -2.04. The molecule has 1 aromatic rings. The van der Waals surface area contributed by atoms with Crippen molar-refractivity contribution in [3.63, 3.8) is 0 Å². The maximum atomic E-state index is 9.01. The first-order valence-corrected chi connectivity index (χ1v) is 3.49. The van der Waals surface area contributed by atoms with Crippen LogP contribution in [0.25, 0.3) is 10.4 Å². The van der Waals surface area contributed by atoms with E-state index in [1.54, 1.807) is 0 Å². The van der Waals surface area contributed by atoms with Crippen molar-refractivity contribution in [2.24, 2.45) is 5.11 Å². The van der Waals surface area contributed by atoms with E-state index in [0.29, 0.717) is 0 Å². The Labute approximate surface area is 73.1 Å². The molecule has 13 heavy (non-hydrogen) atoms. The van der Waals surface area contributed by atoms with Gasteiger partial charge in [-0.2, -0.15) is 0 Å². The second-order valence-electron chi connectivity index (χ2n) is 2.29. The van der Waals surface area contributed by atoms with Crippen molar-refractivity contribution in [1.82, 2.24) is 14.8 Å². The molecule has 70 valence electrons. The summed E-state index contributed by atoms with van der Waals surface area (Å²) in [4.78, 5) is 6.13. The Bertz CT molecular complexity index is 317. The van der Waals surface area contributed by atoms with Crippen LogP contribution in [0.2, 0.25) is 0 Å². The molecule has 1 heterocycles. The Hall–Kier alpha value is -1.63. The molecule has 0 fully saturated rings. The van der Waals surface area contributed by atoms with Crippen molar-refractivity contribution in [3.05, 3.63) is 16.8 Å². The van der Waals surface area contributed by atoms with Crippen LogP contribution in [-0.4, -0.2) is 37.7 Å². The molecular formula is C5H8N6O2. The first-order valence-electron chi connectivity index (χ1n) is 3.49. The minimum absolute atomic E-state index is 0.00682. The number of azide groups is 1. The van der Waals surface area contributed by atoms with Crippen molar-refractivity contribution in [2.45, 2.75) is 12.6 Å². The first-order chi connectivity index (χ1) is 6.26. The van der Waals surface area contributed by atoms with Gasteiger partial charge in [-0.05, 0) is 10.6 Å². The lowest BCUT2D eigenvalue weighted by molar-refractivity contribution is 0.0782. The minimum atomic E-state index is -0.888.